The van der Waals surface area contributed by atoms with Crippen molar-refractivity contribution in [3.63, 3.8) is 0 Å². The third-order valence-electron chi connectivity index (χ3n) is 2.85. The van der Waals surface area contributed by atoms with Gasteiger partial charge in [0.15, 0.2) is 5.13 Å². The molecule has 0 spiro atoms. The van der Waals surface area contributed by atoms with Gasteiger partial charge in [-0.05, 0) is 25.1 Å². The van der Waals surface area contributed by atoms with E-state index in [4.69, 9.17) is 0 Å². The first kappa shape index (κ1) is 14.8. The van der Waals surface area contributed by atoms with E-state index in [0.29, 0.717) is 16.5 Å². The zero-order valence-corrected chi connectivity index (χ0v) is 11.9. The van der Waals surface area contributed by atoms with E-state index in [2.05, 4.69) is 20.6 Å². The third kappa shape index (κ3) is 3.12. The molecule has 3 heterocycles. The summed E-state index contributed by atoms with van der Waals surface area (Å²) < 4.78 is 13.0. The van der Waals surface area contributed by atoms with Crippen molar-refractivity contribution in [1.82, 2.24) is 15.3 Å². The summed E-state index contributed by atoms with van der Waals surface area (Å²) in [5.74, 6) is -0.630. The molecule has 8 heteroatoms. The molecule has 0 bridgehead atoms. The summed E-state index contributed by atoms with van der Waals surface area (Å²) in [4.78, 5) is 19.7. The van der Waals surface area contributed by atoms with Crippen LogP contribution in [0.1, 0.15) is 6.42 Å². The molecule has 0 radical (unpaired) electrons. The first-order chi connectivity index (χ1) is 9.22. The molecule has 2 aromatic rings. The SMILES string of the molecule is Cl.O=C(Nc1nc(-c2cccc(F)n2)cs1)[C@@H]1CCN1. The maximum absolute atomic E-state index is 13.0. The van der Waals surface area contributed by atoms with Gasteiger partial charge in [0.1, 0.15) is 5.69 Å². The molecule has 1 amide bonds. The van der Waals surface area contributed by atoms with Crippen LogP contribution in [-0.4, -0.2) is 28.5 Å². The molecule has 1 aliphatic heterocycles. The molecule has 2 aromatic heterocycles. The quantitative estimate of drug-likeness (QED) is 0.851. The van der Waals surface area contributed by atoms with Crippen molar-refractivity contribution in [2.24, 2.45) is 0 Å². The van der Waals surface area contributed by atoms with Gasteiger partial charge in [0.25, 0.3) is 0 Å². The van der Waals surface area contributed by atoms with E-state index in [-0.39, 0.29) is 24.4 Å². The van der Waals surface area contributed by atoms with E-state index >= 15 is 0 Å². The largest absolute Gasteiger partial charge is 0.306 e. The second-order valence-electron chi connectivity index (χ2n) is 4.17. The number of rotatable bonds is 3. The van der Waals surface area contributed by atoms with Crippen molar-refractivity contribution in [3.8, 4) is 11.4 Å². The molecule has 106 valence electrons. The summed E-state index contributed by atoms with van der Waals surface area (Å²) >= 11 is 1.30. The van der Waals surface area contributed by atoms with Crippen molar-refractivity contribution < 1.29 is 9.18 Å². The van der Waals surface area contributed by atoms with Gasteiger partial charge < -0.3 is 10.6 Å². The molecule has 0 aliphatic carbocycles. The Morgan fingerprint density at radius 3 is 2.85 bits per heavy atom. The van der Waals surface area contributed by atoms with E-state index in [9.17, 15) is 9.18 Å². The van der Waals surface area contributed by atoms with E-state index in [0.717, 1.165) is 13.0 Å². The molecular formula is C12H12ClFN4OS. The van der Waals surface area contributed by atoms with Crippen molar-refractivity contribution in [1.29, 1.82) is 0 Å². The molecule has 5 nitrogen and oxygen atoms in total. The Labute approximate surface area is 125 Å². The van der Waals surface area contributed by atoms with Gasteiger partial charge in [0, 0.05) is 5.38 Å². The zero-order valence-electron chi connectivity index (χ0n) is 10.3. The number of thiazole rings is 1. The summed E-state index contributed by atoms with van der Waals surface area (Å²) in [7, 11) is 0. The second kappa shape index (κ2) is 6.25. The Hall–Kier alpha value is -1.57. The Kier molecular flexibility index (Phi) is 4.64. The predicted molar refractivity (Wildman–Crippen MR) is 77.6 cm³/mol. The molecule has 1 fully saturated rings. The standard InChI is InChI=1S/C12H11FN4OS.ClH/c13-10-3-1-2-7(15-10)9-6-19-12(16-9)17-11(18)8-4-5-14-8;/h1-3,6,8,14H,4-5H2,(H,16,17,18);1H/t8-;/m0./s1. The fourth-order valence-electron chi connectivity index (χ4n) is 1.70. The maximum Gasteiger partial charge on any atom is 0.243 e. The highest BCUT2D eigenvalue weighted by molar-refractivity contribution is 7.14. The number of halogens is 2. The topological polar surface area (TPSA) is 66.9 Å². The first-order valence-corrected chi connectivity index (χ1v) is 6.73. The summed E-state index contributed by atoms with van der Waals surface area (Å²) in [6, 6.07) is 4.41. The smallest absolute Gasteiger partial charge is 0.243 e. The predicted octanol–water partition coefficient (Wildman–Crippen LogP) is 2.07. The van der Waals surface area contributed by atoms with Crippen LogP contribution in [0.2, 0.25) is 0 Å². The van der Waals surface area contributed by atoms with E-state index in [1.54, 1.807) is 17.5 Å². The van der Waals surface area contributed by atoms with Gasteiger partial charge in [-0.3, -0.25) is 4.79 Å². The maximum atomic E-state index is 13.0. The zero-order chi connectivity index (χ0) is 13.2. The molecule has 2 N–H and O–H groups in total. The molecule has 0 saturated carbocycles. The number of nitrogens with one attached hydrogen (secondary N) is 2. The van der Waals surface area contributed by atoms with Crippen molar-refractivity contribution >= 4 is 34.8 Å². The van der Waals surface area contributed by atoms with Crippen molar-refractivity contribution in [2.75, 3.05) is 11.9 Å². The number of carbonyl (C=O) groups excluding carboxylic acids is 1. The van der Waals surface area contributed by atoms with Crippen LogP contribution in [0.3, 0.4) is 0 Å². The van der Waals surface area contributed by atoms with Gasteiger partial charge in [-0.15, -0.1) is 23.7 Å². The summed E-state index contributed by atoms with van der Waals surface area (Å²) in [5, 5.41) is 7.99. The minimum absolute atomic E-state index is 0. The molecule has 3 rings (SSSR count). The van der Waals surface area contributed by atoms with Gasteiger partial charge in [0.05, 0.1) is 11.7 Å². The van der Waals surface area contributed by atoms with Crippen LogP contribution in [0.15, 0.2) is 23.6 Å². The Balaban J connectivity index is 0.00000147. The third-order valence-corrected chi connectivity index (χ3v) is 3.61. The van der Waals surface area contributed by atoms with Gasteiger partial charge in [-0.25, -0.2) is 9.97 Å². The van der Waals surface area contributed by atoms with Gasteiger partial charge in [-0.2, -0.15) is 4.39 Å². The monoisotopic (exact) mass is 314 g/mol. The lowest BCUT2D eigenvalue weighted by Gasteiger charge is -2.25. The van der Waals surface area contributed by atoms with Gasteiger partial charge in [0.2, 0.25) is 11.9 Å². The summed E-state index contributed by atoms with van der Waals surface area (Å²) in [6.45, 7) is 0.869. The second-order valence-corrected chi connectivity index (χ2v) is 5.03. The first-order valence-electron chi connectivity index (χ1n) is 5.85. The van der Waals surface area contributed by atoms with Crippen molar-refractivity contribution in [2.45, 2.75) is 12.5 Å². The Morgan fingerprint density at radius 2 is 2.20 bits per heavy atom. The fraction of sp³-hybridized carbons (Fsp3) is 0.250. The average molecular weight is 315 g/mol. The molecule has 1 aliphatic rings. The van der Waals surface area contributed by atoms with Crippen LogP contribution >= 0.6 is 23.7 Å². The highest BCUT2D eigenvalue weighted by atomic mass is 35.5. The van der Waals surface area contributed by atoms with Crippen LogP contribution in [0.5, 0.6) is 0 Å². The van der Waals surface area contributed by atoms with Crippen LogP contribution in [0, 0.1) is 5.95 Å². The number of aromatic nitrogens is 2. The molecule has 1 atom stereocenters. The lowest BCUT2D eigenvalue weighted by atomic mass is 10.1. The number of amides is 1. The molecule has 20 heavy (non-hydrogen) atoms. The van der Waals surface area contributed by atoms with E-state index < -0.39 is 5.95 Å². The highest BCUT2D eigenvalue weighted by Crippen LogP contribution is 2.23. The minimum Gasteiger partial charge on any atom is -0.306 e. The average Bonchev–Trinajstić information content (AvgIpc) is 2.75. The van der Waals surface area contributed by atoms with Crippen LogP contribution in [0.4, 0.5) is 9.52 Å². The number of pyridine rings is 1. The molecular weight excluding hydrogens is 303 g/mol. The van der Waals surface area contributed by atoms with Crippen LogP contribution < -0.4 is 10.6 Å². The lowest BCUT2D eigenvalue weighted by molar-refractivity contribution is -0.119. The Morgan fingerprint density at radius 1 is 1.40 bits per heavy atom. The Bertz CT molecular complexity index is 617. The van der Waals surface area contributed by atoms with Crippen molar-refractivity contribution in [3.05, 3.63) is 29.5 Å². The van der Waals surface area contributed by atoms with Gasteiger partial charge >= 0.3 is 0 Å². The fourth-order valence-corrected chi connectivity index (χ4v) is 2.41. The molecule has 1 saturated heterocycles. The lowest BCUT2D eigenvalue weighted by Crippen LogP contribution is -2.50. The van der Waals surface area contributed by atoms with Crippen LogP contribution in [0.25, 0.3) is 11.4 Å². The summed E-state index contributed by atoms with van der Waals surface area (Å²) in [6.07, 6.45) is 0.843. The number of nitrogens with zero attached hydrogens (tertiary/aromatic N) is 2. The number of carbonyl (C=O) groups is 1. The highest BCUT2D eigenvalue weighted by Gasteiger charge is 2.25. The van der Waals surface area contributed by atoms with E-state index in [1.807, 2.05) is 0 Å². The van der Waals surface area contributed by atoms with E-state index in [1.165, 1.54) is 17.4 Å². The molecule has 0 unspecified atom stereocenters. The number of hydrogen-bond acceptors (Lipinski definition) is 5. The van der Waals surface area contributed by atoms with Gasteiger partial charge in [-0.1, -0.05) is 6.07 Å². The van der Waals surface area contributed by atoms with Crippen LogP contribution in [-0.2, 0) is 4.79 Å². The number of hydrogen-bond donors (Lipinski definition) is 2. The minimum atomic E-state index is -0.547. The molecule has 0 aromatic carbocycles. The normalized spacial score (nSPS) is 16.9. The number of anilines is 1. The summed E-state index contributed by atoms with van der Waals surface area (Å²) in [5.41, 5.74) is 1.01.